The van der Waals surface area contributed by atoms with Crippen molar-refractivity contribution in [1.82, 2.24) is 4.90 Å². The number of carbonyl (C=O) groups is 1. The molecule has 0 radical (unpaired) electrons. The molecule has 0 aliphatic heterocycles. The van der Waals surface area contributed by atoms with E-state index in [9.17, 15) is 9.00 Å². The summed E-state index contributed by atoms with van der Waals surface area (Å²) in [7, 11) is -1.24. The van der Waals surface area contributed by atoms with Gasteiger partial charge in [0.2, 0.25) is 5.91 Å². The van der Waals surface area contributed by atoms with E-state index in [1.807, 2.05) is 0 Å². The van der Waals surface area contributed by atoms with Crippen molar-refractivity contribution < 1.29 is 19.2 Å². The number of aliphatic hydroxyl groups is 2. The van der Waals surface area contributed by atoms with Crippen molar-refractivity contribution in [3.8, 4) is 0 Å². The zero-order chi connectivity index (χ0) is 12.4. The average Bonchev–Trinajstić information content (AvgIpc) is 2.26. The van der Waals surface area contributed by atoms with E-state index in [1.54, 1.807) is 0 Å². The quantitative estimate of drug-likeness (QED) is 0.437. The molecule has 0 spiro atoms. The van der Waals surface area contributed by atoms with Gasteiger partial charge in [0.25, 0.3) is 0 Å². The highest BCUT2D eigenvalue weighted by Gasteiger charge is 2.08. The van der Waals surface area contributed by atoms with Crippen LogP contribution in [0.1, 0.15) is 0 Å². The Morgan fingerprint density at radius 2 is 1.88 bits per heavy atom. The highest BCUT2D eigenvalue weighted by atomic mass is 32.2. The lowest BCUT2D eigenvalue weighted by Gasteiger charge is -2.18. The highest BCUT2D eigenvalue weighted by Crippen LogP contribution is 1.93. The fourth-order valence-corrected chi connectivity index (χ4v) is 1.60. The number of aliphatic hydroxyl groups excluding tert-OH is 2. The van der Waals surface area contributed by atoms with Gasteiger partial charge in [0.1, 0.15) is 0 Å². The second-order valence-corrected chi connectivity index (χ2v) is 4.28. The van der Waals surface area contributed by atoms with E-state index in [-0.39, 0.29) is 32.2 Å². The first-order valence-corrected chi connectivity index (χ1v) is 6.20. The van der Waals surface area contributed by atoms with Crippen LogP contribution in [-0.2, 0) is 15.6 Å². The molecule has 0 aliphatic carbocycles. The van der Waals surface area contributed by atoms with Crippen molar-refractivity contribution in [2.24, 2.45) is 0 Å². The Bertz CT molecular complexity index is 272. The summed E-state index contributed by atoms with van der Waals surface area (Å²) in [5, 5.41) is 18.7. The van der Waals surface area contributed by atoms with E-state index in [2.05, 4.69) is 6.58 Å². The Kier molecular flexibility index (Phi) is 8.69. The van der Waals surface area contributed by atoms with Gasteiger partial charge in [-0.25, -0.2) is 0 Å². The van der Waals surface area contributed by atoms with Crippen molar-refractivity contribution in [3.63, 3.8) is 0 Å². The minimum atomic E-state index is -1.24. The fraction of sp³-hybridized carbons (Fsp3) is 0.500. The van der Waals surface area contributed by atoms with Crippen LogP contribution in [0.5, 0.6) is 0 Å². The van der Waals surface area contributed by atoms with Crippen LogP contribution in [0.25, 0.3) is 0 Å². The van der Waals surface area contributed by atoms with Gasteiger partial charge in [-0.05, 0) is 0 Å². The molecule has 5 nitrogen and oxygen atoms in total. The number of amides is 1. The molecule has 0 aliphatic rings. The molecular weight excluding hydrogens is 230 g/mol. The molecule has 0 aromatic rings. The molecule has 6 heteroatoms. The van der Waals surface area contributed by atoms with Crippen LogP contribution in [0.4, 0.5) is 0 Å². The lowest BCUT2D eigenvalue weighted by atomic mass is 10.4. The summed E-state index contributed by atoms with van der Waals surface area (Å²) >= 11 is 0. The largest absolute Gasteiger partial charge is 0.395 e. The van der Waals surface area contributed by atoms with E-state index in [0.29, 0.717) is 5.75 Å². The molecule has 1 amide bonds. The number of rotatable bonds is 8. The normalized spacial score (nSPS) is 12.6. The zero-order valence-electron chi connectivity index (χ0n) is 9.04. The fourth-order valence-electron chi connectivity index (χ4n) is 0.985. The molecule has 16 heavy (non-hydrogen) atoms. The average molecular weight is 247 g/mol. The Morgan fingerprint density at radius 1 is 1.31 bits per heavy atom. The number of hydrogen-bond acceptors (Lipinski definition) is 4. The molecule has 0 bridgehead atoms. The lowest BCUT2D eigenvalue weighted by molar-refractivity contribution is -0.127. The summed E-state index contributed by atoms with van der Waals surface area (Å²) < 4.78 is 11.2. The van der Waals surface area contributed by atoms with Gasteiger partial charge in [-0.2, -0.15) is 0 Å². The Balaban J connectivity index is 4.27. The Hall–Kier alpha value is -0.980. The SMILES string of the molecule is C=CCS(=O)/C=C/C(=O)N(CCO)CCO. The first-order chi connectivity index (χ1) is 7.65. The van der Waals surface area contributed by atoms with Gasteiger partial charge < -0.3 is 15.1 Å². The minimum absolute atomic E-state index is 0.151. The van der Waals surface area contributed by atoms with Crippen LogP contribution in [0.15, 0.2) is 24.1 Å². The number of hydrogen-bond donors (Lipinski definition) is 2. The van der Waals surface area contributed by atoms with E-state index >= 15 is 0 Å². The van der Waals surface area contributed by atoms with Gasteiger partial charge in [-0.1, -0.05) is 6.08 Å². The molecule has 0 aromatic carbocycles. The zero-order valence-corrected chi connectivity index (χ0v) is 9.86. The molecule has 0 aromatic heterocycles. The topological polar surface area (TPSA) is 77.8 Å². The smallest absolute Gasteiger partial charge is 0.247 e. The molecule has 1 unspecified atom stereocenters. The summed E-state index contributed by atoms with van der Waals surface area (Å²) in [5.41, 5.74) is 0. The molecule has 2 N–H and O–H groups in total. The summed E-state index contributed by atoms with van der Waals surface area (Å²) in [6.07, 6.45) is 2.69. The first-order valence-electron chi connectivity index (χ1n) is 4.82. The predicted molar refractivity (Wildman–Crippen MR) is 63.1 cm³/mol. The third kappa shape index (κ3) is 6.49. The molecule has 1 atom stereocenters. The van der Waals surface area contributed by atoms with Crippen LogP contribution >= 0.6 is 0 Å². The van der Waals surface area contributed by atoms with E-state index in [0.717, 1.165) is 0 Å². The van der Waals surface area contributed by atoms with Crippen molar-refractivity contribution in [2.45, 2.75) is 0 Å². The van der Waals surface area contributed by atoms with Crippen molar-refractivity contribution in [1.29, 1.82) is 0 Å². The lowest BCUT2D eigenvalue weighted by Crippen LogP contribution is -2.34. The molecule has 0 saturated heterocycles. The van der Waals surface area contributed by atoms with Crippen LogP contribution in [0.3, 0.4) is 0 Å². The van der Waals surface area contributed by atoms with Crippen molar-refractivity contribution >= 4 is 16.7 Å². The maximum Gasteiger partial charge on any atom is 0.247 e. The predicted octanol–water partition coefficient (Wildman–Crippen LogP) is -0.752. The summed E-state index contributed by atoms with van der Waals surface area (Å²) in [5.74, 6) is -0.0791. The second-order valence-electron chi connectivity index (χ2n) is 2.91. The molecule has 0 rings (SSSR count). The maximum atomic E-state index is 11.5. The standard InChI is InChI=1S/C10H17NO4S/c1-2-8-16(15)9-3-10(14)11(4-6-12)5-7-13/h2-3,9,12-13H,1,4-8H2/b9-3+. The first kappa shape index (κ1) is 15.0. The Morgan fingerprint density at radius 3 is 2.31 bits per heavy atom. The third-order valence-corrected chi connectivity index (χ3v) is 2.70. The number of nitrogens with zero attached hydrogens (tertiary/aromatic N) is 1. The highest BCUT2D eigenvalue weighted by molar-refractivity contribution is 7.88. The Labute approximate surface area is 97.5 Å². The van der Waals surface area contributed by atoms with E-state index < -0.39 is 10.8 Å². The molecule has 0 heterocycles. The molecule has 92 valence electrons. The minimum Gasteiger partial charge on any atom is -0.395 e. The number of carbonyl (C=O) groups excluding carboxylic acids is 1. The van der Waals surface area contributed by atoms with Crippen LogP contribution < -0.4 is 0 Å². The summed E-state index contributed by atoms with van der Waals surface area (Å²) in [6, 6.07) is 0. The van der Waals surface area contributed by atoms with E-state index in [1.165, 1.54) is 22.5 Å². The van der Waals surface area contributed by atoms with Crippen LogP contribution in [-0.4, -0.2) is 57.3 Å². The summed E-state index contributed by atoms with van der Waals surface area (Å²) in [6.45, 7) is 3.39. The summed E-state index contributed by atoms with van der Waals surface area (Å²) in [4.78, 5) is 12.8. The molecule has 0 saturated carbocycles. The van der Waals surface area contributed by atoms with Gasteiger partial charge in [-0.15, -0.1) is 6.58 Å². The van der Waals surface area contributed by atoms with Gasteiger partial charge in [0.05, 0.1) is 13.2 Å². The van der Waals surface area contributed by atoms with Gasteiger partial charge >= 0.3 is 0 Å². The second kappa shape index (κ2) is 9.26. The van der Waals surface area contributed by atoms with Crippen LogP contribution in [0.2, 0.25) is 0 Å². The van der Waals surface area contributed by atoms with Crippen molar-refractivity contribution in [2.75, 3.05) is 32.1 Å². The monoisotopic (exact) mass is 247 g/mol. The molecular formula is C10H17NO4S. The molecule has 0 fully saturated rings. The maximum absolute atomic E-state index is 11.5. The van der Waals surface area contributed by atoms with Gasteiger partial charge in [-0.3, -0.25) is 9.00 Å². The van der Waals surface area contributed by atoms with Crippen molar-refractivity contribution in [3.05, 3.63) is 24.1 Å². The third-order valence-electron chi connectivity index (χ3n) is 1.70. The van der Waals surface area contributed by atoms with Gasteiger partial charge in [0, 0.05) is 41.1 Å². The van der Waals surface area contributed by atoms with E-state index in [4.69, 9.17) is 10.2 Å². The van der Waals surface area contributed by atoms with Crippen LogP contribution in [0, 0.1) is 0 Å². The van der Waals surface area contributed by atoms with Gasteiger partial charge in [0.15, 0.2) is 0 Å².